The second-order valence-corrected chi connectivity index (χ2v) is 12.0. The van der Waals surface area contributed by atoms with Crippen LogP contribution >= 0.6 is 0 Å². The highest BCUT2D eigenvalue weighted by Crippen LogP contribution is 2.48. The fourth-order valence-corrected chi connectivity index (χ4v) is 7.14. The molecule has 38 heavy (non-hydrogen) atoms. The van der Waals surface area contributed by atoms with Gasteiger partial charge in [-0.25, -0.2) is 18.6 Å². The minimum atomic E-state index is -2.60. The van der Waals surface area contributed by atoms with Crippen LogP contribution in [0.5, 0.6) is 0 Å². The number of aromatic nitrogens is 2. The predicted molar refractivity (Wildman–Crippen MR) is 142 cm³/mol. The van der Waals surface area contributed by atoms with Gasteiger partial charge in [0.1, 0.15) is 5.65 Å². The zero-order valence-corrected chi connectivity index (χ0v) is 22.1. The number of alkyl halides is 2. The van der Waals surface area contributed by atoms with Gasteiger partial charge in [-0.1, -0.05) is 0 Å². The Labute approximate surface area is 222 Å². The van der Waals surface area contributed by atoms with Crippen LogP contribution < -0.4 is 15.5 Å². The van der Waals surface area contributed by atoms with Crippen LogP contribution in [0.1, 0.15) is 63.0 Å². The number of pyridine rings is 1. The first-order chi connectivity index (χ1) is 18.2. The number of hydrogen-bond acceptors (Lipinski definition) is 5. The van der Waals surface area contributed by atoms with E-state index >= 15 is 0 Å². The van der Waals surface area contributed by atoms with Crippen molar-refractivity contribution in [2.45, 2.75) is 70.3 Å². The molecule has 0 aromatic carbocycles. The first kappa shape index (κ1) is 25.7. The van der Waals surface area contributed by atoms with Crippen LogP contribution in [0.15, 0.2) is 18.5 Å². The number of urea groups is 1. The summed E-state index contributed by atoms with van der Waals surface area (Å²) in [4.78, 5) is 32.4. The summed E-state index contributed by atoms with van der Waals surface area (Å²) in [6.45, 7) is 5.32. The third-order valence-electron chi connectivity index (χ3n) is 9.65. The lowest BCUT2D eigenvalue weighted by atomic mass is 9.67. The monoisotopic (exact) mass is 528 g/mol. The van der Waals surface area contributed by atoms with E-state index in [1.165, 1.54) is 0 Å². The molecule has 0 radical (unpaired) electrons. The quantitative estimate of drug-likeness (QED) is 0.621. The molecule has 206 valence electrons. The van der Waals surface area contributed by atoms with Crippen LogP contribution in [0.25, 0.3) is 11.0 Å². The fourth-order valence-electron chi connectivity index (χ4n) is 7.14. The predicted octanol–water partition coefficient (Wildman–Crippen LogP) is 4.23. The van der Waals surface area contributed by atoms with Crippen molar-refractivity contribution in [1.29, 1.82) is 0 Å². The molecule has 1 aliphatic carbocycles. The maximum atomic E-state index is 14.3. The van der Waals surface area contributed by atoms with Gasteiger partial charge in [0, 0.05) is 43.1 Å². The Hall–Kier alpha value is -2.59. The Morgan fingerprint density at radius 2 is 1.84 bits per heavy atom. The molecule has 4 fully saturated rings. The van der Waals surface area contributed by atoms with Crippen LogP contribution in [0.2, 0.25) is 0 Å². The van der Waals surface area contributed by atoms with Crippen molar-refractivity contribution >= 4 is 28.7 Å². The lowest BCUT2D eigenvalue weighted by Crippen LogP contribution is -2.52. The van der Waals surface area contributed by atoms with E-state index in [2.05, 4.69) is 33.2 Å². The molecule has 0 bridgehead atoms. The molecule has 1 atom stereocenters. The summed E-state index contributed by atoms with van der Waals surface area (Å²) in [6.07, 6.45) is 11.5. The number of carbonyl (C=O) groups excluding carboxylic acids is 2. The summed E-state index contributed by atoms with van der Waals surface area (Å²) in [7, 11) is 0. The number of fused-ring (bicyclic) bond motifs is 1. The number of piperidine rings is 2. The smallest absolute Gasteiger partial charge is 0.328 e. The van der Waals surface area contributed by atoms with Crippen molar-refractivity contribution in [2.75, 3.05) is 44.2 Å². The fraction of sp³-hybridized carbons (Fsp3) is 0.679. The summed E-state index contributed by atoms with van der Waals surface area (Å²) in [5.74, 6) is -3.37. The summed E-state index contributed by atoms with van der Waals surface area (Å²) in [5, 5.41) is 6.25. The number of nitrogens with zero attached hydrogens (tertiary/aromatic N) is 4. The molecule has 3 amide bonds. The highest BCUT2D eigenvalue weighted by Gasteiger charge is 2.44. The molecule has 3 saturated heterocycles. The minimum Gasteiger partial charge on any atom is -0.329 e. The average molecular weight is 529 g/mol. The van der Waals surface area contributed by atoms with Gasteiger partial charge in [0.25, 0.3) is 5.92 Å². The lowest BCUT2D eigenvalue weighted by Gasteiger charge is -2.47. The van der Waals surface area contributed by atoms with Gasteiger partial charge in [-0.2, -0.15) is 0 Å². The number of hydrogen-bond donors (Lipinski definition) is 2. The van der Waals surface area contributed by atoms with E-state index in [-0.39, 0.29) is 18.9 Å². The number of amides is 3. The van der Waals surface area contributed by atoms with Gasteiger partial charge in [0.05, 0.1) is 18.4 Å². The Morgan fingerprint density at radius 1 is 1.08 bits per heavy atom. The Morgan fingerprint density at radius 3 is 2.55 bits per heavy atom. The van der Waals surface area contributed by atoms with E-state index in [4.69, 9.17) is 4.98 Å². The second kappa shape index (κ2) is 9.86. The highest BCUT2D eigenvalue weighted by atomic mass is 19.3. The van der Waals surface area contributed by atoms with Gasteiger partial charge < -0.3 is 14.8 Å². The molecule has 6 rings (SSSR count). The second-order valence-electron chi connectivity index (χ2n) is 12.0. The lowest BCUT2D eigenvalue weighted by molar-refractivity contribution is -0.120. The highest BCUT2D eigenvalue weighted by molar-refractivity contribution is 6.06. The summed E-state index contributed by atoms with van der Waals surface area (Å²) >= 11 is 0. The van der Waals surface area contributed by atoms with Gasteiger partial charge in [0.2, 0.25) is 5.91 Å². The number of imide groups is 1. The van der Waals surface area contributed by atoms with Crippen LogP contribution in [0.3, 0.4) is 0 Å². The van der Waals surface area contributed by atoms with E-state index in [1.54, 1.807) is 11.1 Å². The number of anilines is 1. The maximum Gasteiger partial charge on any atom is 0.328 e. The summed E-state index contributed by atoms with van der Waals surface area (Å²) < 4.78 is 30.9. The largest absolute Gasteiger partial charge is 0.329 e. The van der Waals surface area contributed by atoms with E-state index in [1.807, 2.05) is 6.07 Å². The van der Waals surface area contributed by atoms with Crippen molar-refractivity contribution in [2.24, 2.45) is 11.3 Å². The van der Waals surface area contributed by atoms with E-state index in [0.717, 1.165) is 68.2 Å². The molecular weight excluding hydrogens is 490 g/mol. The number of likely N-dealkylation sites (tertiary alicyclic amines) is 1. The molecule has 1 saturated carbocycles. The van der Waals surface area contributed by atoms with E-state index in [9.17, 15) is 18.4 Å². The molecule has 10 heteroatoms. The van der Waals surface area contributed by atoms with Crippen LogP contribution in [-0.2, 0) is 4.79 Å². The SMILES string of the molecule is Cc1cn(C2CCC3(CC2)CCN(CC2CCNCC2(F)F)CC3)c2ncc(N3CCC(=O)NC3=O)cc12. The normalized spacial score (nSPS) is 26.7. The molecule has 2 aromatic heterocycles. The topological polar surface area (TPSA) is 82.5 Å². The van der Waals surface area contributed by atoms with E-state index in [0.29, 0.717) is 43.2 Å². The van der Waals surface area contributed by atoms with Gasteiger partial charge in [-0.3, -0.25) is 15.0 Å². The molecular formula is C28H38F2N6O2. The van der Waals surface area contributed by atoms with Gasteiger partial charge in [-0.15, -0.1) is 0 Å². The standard InChI is InChI=1S/C28H38F2N6O2/c1-19-16-36(25-23(19)14-22(15-32-25)35-11-5-24(37)33-26(35)38)21-2-6-27(7-3-21)8-12-34(13-9-27)17-20-4-10-31-18-28(20,29)30/h14-16,20-21,31H,2-13,17-18H2,1H3,(H,33,37,38). The van der Waals surface area contributed by atoms with E-state index < -0.39 is 17.9 Å². The first-order valence-electron chi connectivity index (χ1n) is 14.1. The molecule has 4 aliphatic rings. The Balaban J connectivity index is 1.08. The summed E-state index contributed by atoms with van der Waals surface area (Å²) in [5.41, 5.74) is 3.12. The first-order valence-corrected chi connectivity index (χ1v) is 14.1. The Kier molecular flexibility index (Phi) is 6.66. The third-order valence-corrected chi connectivity index (χ3v) is 9.65. The zero-order valence-electron chi connectivity index (χ0n) is 22.1. The zero-order chi connectivity index (χ0) is 26.5. The average Bonchev–Trinajstić information content (AvgIpc) is 3.23. The van der Waals surface area contributed by atoms with Crippen molar-refractivity contribution in [3.8, 4) is 0 Å². The molecule has 3 aliphatic heterocycles. The van der Waals surface area contributed by atoms with Gasteiger partial charge in [0.15, 0.2) is 0 Å². The third kappa shape index (κ3) is 4.81. The summed E-state index contributed by atoms with van der Waals surface area (Å²) in [6, 6.07) is 2.00. The number of carbonyl (C=O) groups is 2. The molecule has 8 nitrogen and oxygen atoms in total. The molecule has 5 heterocycles. The van der Waals surface area contributed by atoms with Crippen molar-refractivity contribution < 1.29 is 18.4 Å². The molecule has 2 aromatic rings. The molecule has 1 spiro atoms. The van der Waals surface area contributed by atoms with Gasteiger partial charge in [-0.05, 0) is 88.5 Å². The number of rotatable bonds is 4. The number of nitrogens with one attached hydrogen (secondary N) is 2. The number of halogens is 2. The van der Waals surface area contributed by atoms with Crippen LogP contribution in [0.4, 0.5) is 19.3 Å². The molecule has 2 N–H and O–H groups in total. The van der Waals surface area contributed by atoms with Crippen molar-refractivity contribution in [3.05, 3.63) is 24.0 Å². The molecule has 1 unspecified atom stereocenters. The van der Waals surface area contributed by atoms with Crippen molar-refractivity contribution in [3.63, 3.8) is 0 Å². The maximum absolute atomic E-state index is 14.3. The number of aryl methyl sites for hydroxylation is 1. The van der Waals surface area contributed by atoms with Gasteiger partial charge >= 0.3 is 6.03 Å². The minimum absolute atomic E-state index is 0.185. The van der Waals surface area contributed by atoms with Crippen LogP contribution in [-0.4, -0.2) is 71.6 Å². The van der Waals surface area contributed by atoms with Crippen molar-refractivity contribution in [1.82, 2.24) is 25.1 Å². The van der Waals surface area contributed by atoms with Crippen LogP contribution in [0, 0.1) is 18.3 Å². The Bertz CT molecular complexity index is 1210.